The minimum Gasteiger partial charge on any atom is -0.366 e. The van der Waals surface area contributed by atoms with Gasteiger partial charge in [-0.15, -0.1) is 0 Å². The number of sulfonamides is 1. The number of hydrogen-bond donors (Lipinski definition) is 3. The predicted octanol–water partition coefficient (Wildman–Crippen LogP) is 1.64. The van der Waals surface area contributed by atoms with Crippen molar-refractivity contribution in [2.75, 3.05) is 11.3 Å². The first-order valence-electron chi connectivity index (χ1n) is 7.56. The molecule has 2 rings (SSSR count). The molecule has 132 valence electrons. The summed E-state index contributed by atoms with van der Waals surface area (Å²) in [5.41, 5.74) is 6.68. The molecule has 0 aliphatic heterocycles. The molecule has 8 heteroatoms. The summed E-state index contributed by atoms with van der Waals surface area (Å²) in [6.07, 6.45) is 0. The van der Waals surface area contributed by atoms with Crippen molar-refractivity contribution in [1.82, 2.24) is 5.32 Å². The Labute approximate surface area is 146 Å². The Morgan fingerprint density at radius 2 is 1.72 bits per heavy atom. The largest absolute Gasteiger partial charge is 0.366 e. The van der Waals surface area contributed by atoms with E-state index in [0.717, 1.165) is 0 Å². The smallest absolute Gasteiger partial charge is 0.261 e. The van der Waals surface area contributed by atoms with Crippen LogP contribution in [0, 0.1) is 6.92 Å². The van der Waals surface area contributed by atoms with Crippen LogP contribution >= 0.6 is 0 Å². The summed E-state index contributed by atoms with van der Waals surface area (Å²) in [5.74, 6) is -0.928. The second-order valence-corrected chi connectivity index (χ2v) is 7.07. The van der Waals surface area contributed by atoms with Gasteiger partial charge in [0, 0.05) is 23.4 Å². The van der Waals surface area contributed by atoms with Crippen LogP contribution in [0.15, 0.2) is 47.4 Å². The van der Waals surface area contributed by atoms with Crippen molar-refractivity contribution in [3.63, 3.8) is 0 Å². The lowest BCUT2D eigenvalue weighted by molar-refractivity contribution is 0.0953. The fourth-order valence-electron chi connectivity index (χ4n) is 2.19. The summed E-state index contributed by atoms with van der Waals surface area (Å²) in [5, 5.41) is 2.65. The number of nitrogens with two attached hydrogens (primary N) is 1. The molecule has 25 heavy (non-hydrogen) atoms. The maximum atomic E-state index is 12.5. The Morgan fingerprint density at radius 1 is 1.08 bits per heavy atom. The molecule has 0 unspecified atom stereocenters. The van der Waals surface area contributed by atoms with Gasteiger partial charge >= 0.3 is 0 Å². The first-order valence-corrected chi connectivity index (χ1v) is 9.04. The minimum atomic E-state index is -3.88. The van der Waals surface area contributed by atoms with E-state index in [9.17, 15) is 18.0 Å². The van der Waals surface area contributed by atoms with Crippen LogP contribution in [-0.2, 0) is 10.0 Å². The number of carbonyl (C=O) groups is 2. The average Bonchev–Trinajstić information content (AvgIpc) is 2.55. The van der Waals surface area contributed by atoms with Crippen molar-refractivity contribution in [3.05, 3.63) is 59.2 Å². The van der Waals surface area contributed by atoms with Gasteiger partial charge < -0.3 is 11.1 Å². The molecule has 2 amide bonds. The van der Waals surface area contributed by atoms with Crippen LogP contribution in [0.1, 0.15) is 33.2 Å². The zero-order valence-electron chi connectivity index (χ0n) is 13.9. The molecule has 4 N–H and O–H groups in total. The number of rotatable bonds is 6. The zero-order valence-corrected chi connectivity index (χ0v) is 14.7. The first kappa shape index (κ1) is 18.5. The molecule has 0 saturated heterocycles. The van der Waals surface area contributed by atoms with Gasteiger partial charge in [-0.25, -0.2) is 8.42 Å². The molecule has 2 aromatic carbocycles. The van der Waals surface area contributed by atoms with Crippen molar-refractivity contribution < 1.29 is 18.0 Å². The number of amides is 2. The van der Waals surface area contributed by atoms with E-state index in [1.54, 1.807) is 19.9 Å². The average molecular weight is 361 g/mol. The van der Waals surface area contributed by atoms with Crippen molar-refractivity contribution in [2.24, 2.45) is 5.73 Å². The molecule has 0 aliphatic rings. The standard InChI is InChI=1S/C17H19N3O4S/c1-3-19-17(22)15-10-14(9-4-11(15)2)25(23,24)20-13-7-5-12(6-8-13)16(18)21/h4-10,20H,3H2,1-2H3,(H2,18,21)(H,19,22). The van der Waals surface area contributed by atoms with E-state index in [2.05, 4.69) is 10.0 Å². The van der Waals surface area contributed by atoms with Crippen molar-refractivity contribution in [1.29, 1.82) is 0 Å². The Hall–Kier alpha value is -2.87. The van der Waals surface area contributed by atoms with E-state index in [4.69, 9.17) is 5.73 Å². The van der Waals surface area contributed by atoms with E-state index < -0.39 is 15.9 Å². The van der Waals surface area contributed by atoms with E-state index in [1.807, 2.05) is 0 Å². The van der Waals surface area contributed by atoms with Crippen molar-refractivity contribution in [2.45, 2.75) is 18.7 Å². The Kier molecular flexibility index (Phi) is 5.43. The molecule has 0 fully saturated rings. The van der Waals surface area contributed by atoms with E-state index in [0.29, 0.717) is 17.7 Å². The number of hydrogen-bond acceptors (Lipinski definition) is 4. The van der Waals surface area contributed by atoms with Gasteiger partial charge in [-0.1, -0.05) is 6.07 Å². The predicted molar refractivity (Wildman–Crippen MR) is 95.0 cm³/mol. The van der Waals surface area contributed by atoms with Gasteiger partial charge in [0.2, 0.25) is 5.91 Å². The highest BCUT2D eigenvalue weighted by molar-refractivity contribution is 7.92. The highest BCUT2D eigenvalue weighted by atomic mass is 32.2. The third-order valence-corrected chi connectivity index (χ3v) is 4.90. The van der Waals surface area contributed by atoms with Crippen LogP contribution in [0.4, 0.5) is 5.69 Å². The SMILES string of the molecule is CCNC(=O)c1cc(S(=O)(=O)Nc2ccc(C(N)=O)cc2)ccc1C. The highest BCUT2D eigenvalue weighted by Crippen LogP contribution is 2.19. The second-order valence-electron chi connectivity index (χ2n) is 5.38. The van der Waals surface area contributed by atoms with Crippen molar-refractivity contribution in [3.8, 4) is 0 Å². The lowest BCUT2D eigenvalue weighted by Crippen LogP contribution is -2.24. The number of nitrogens with one attached hydrogen (secondary N) is 2. The highest BCUT2D eigenvalue weighted by Gasteiger charge is 2.18. The maximum Gasteiger partial charge on any atom is 0.261 e. The zero-order chi connectivity index (χ0) is 18.6. The van der Waals surface area contributed by atoms with Gasteiger partial charge in [0.05, 0.1) is 4.90 Å². The molecule has 0 heterocycles. The molecule has 0 aliphatic carbocycles. The van der Waals surface area contributed by atoms with E-state index >= 15 is 0 Å². The summed E-state index contributed by atoms with van der Waals surface area (Å²) in [6.45, 7) is 3.96. The van der Waals surface area contributed by atoms with Crippen LogP contribution < -0.4 is 15.8 Å². The van der Waals surface area contributed by atoms with Gasteiger partial charge in [0.25, 0.3) is 15.9 Å². The van der Waals surface area contributed by atoms with Crippen LogP contribution in [0.3, 0.4) is 0 Å². The van der Waals surface area contributed by atoms with Crippen LogP contribution in [0.5, 0.6) is 0 Å². The van der Waals surface area contributed by atoms with E-state index in [-0.39, 0.29) is 22.1 Å². The van der Waals surface area contributed by atoms with Gasteiger partial charge in [0.15, 0.2) is 0 Å². The Bertz CT molecular complexity index is 906. The van der Waals surface area contributed by atoms with Gasteiger partial charge in [-0.05, 0) is 55.8 Å². The maximum absolute atomic E-state index is 12.5. The molecule has 2 aromatic rings. The fraction of sp³-hybridized carbons (Fsp3) is 0.176. The second kappa shape index (κ2) is 7.35. The minimum absolute atomic E-state index is 0.0293. The van der Waals surface area contributed by atoms with Crippen LogP contribution in [-0.4, -0.2) is 26.8 Å². The summed E-state index contributed by atoms with van der Waals surface area (Å²) in [4.78, 5) is 23.1. The number of benzene rings is 2. The summed E-state index contributed by atoms with van der Waals surface area (Å²) in [7, 11) is -3.88. The Morgan fingerprint density at radius 3 is 2.28 bits per heavy atom. The number of carbonyl (C=O) groups excluding carboxylic acids is 2. The lowest BCUT2D eigenvalue weighted by Gasteiger charge is -2.11. The fourth-order valence-corrected chi connectivity index (χ4v) is 3.27. The van der Waals surface area contributed by atoms with Crippen LogP contribution in [0.25, 0.3) is 0 Å². The normalized spacial score (nSPS) is 11.0. The summed E-state index contributed by atoms with van der Waals surface area (Å²) in [6, 6.07) is 10.1. The lowest BCUT2D eigenvalue weighted by atomic mass is 10.1. The molecule has 0 saturated carbocycles. The van der Waals surface area contributed by atoms with Gasteiger partial charge in [0.1, 0.15) is 0 Å². The summed E-state index contributed by atoms with van der Waals surface area (Å²) < 4.78 is 27.5. The molecular formula is C17H19N3O4S. The quantitative estimate of drug-likeness (QED) is 0.725. The molecular weight excluding hydrogens is 342 g/mol. The number of primary amides is 1. The summed E-state index contributed by atoms with van der Waals surface area (Å²) >= 11 is 0. The topological polar surface area (TPSA) is 118 Å². The molecule has 0 spiro atoms. The Balaban J connectivity index is 2.31. The van der Waals surface area contributed by atoms with Crippen molar-refractivity contribution >= 4 is 27.5 Å². The van der Waals surface area contributed by atoms with Gasteiger partial charge in [-0.3, -0.25) is 14.3 Å². The van der Waals surface area contributed by atoms with E-state index in [1.165, 1.54) is 36.4 Å². The molecule has 0 atom stereocenters. The number of anilines is 1. The molecule has 0 bridgehead atoms. The molecule has 7 nitrogen and oxygen atoms in total. The molecule has 0 radical (unpaired) electrons. The number of aryl methyl sites for hydroxylation is 1. The monoisotopic (exact) mass is 361 g/mol. The molecule has 0 aromatic heterocycles. The third-order valence-electron chi connectivity index (χ3n) is 3.52. The van der Waals surface area contributed by atoms with Crippen LogP contribution in [0.2, 0.25) is 0 Å². The van der Waals surface area contributed by atoms with Gasteiger partial charge in [-0.2, -0.15) is 0 Å². The third kappa shape index (κ3) is 4.36. The first-order chi connectivity index (χ1) is 11.7.